The lowest BCUT2D eigenvalue weighted by Gasteiger charge is -2.27. The van der Waals surface area contributed by atoms with Crippen molar-refractivity contribution in [1.29, 1.82) is 0 Å². The number of rotatable bonds is 6. The fourth-order valence-corrected chi connectivity index (χ4v) is 3.32. The Kier molecular flexibility index (Phi) is 6.28. The predicted molar refractivity (Wildman–Crippen MR) is 93.3 cm³/mol. The molecule has 1 heterocycles. The van der Waals surface area contributed by atoms with Crippen molar-refractivity contribution in [2.75, 3.05) is 18.1 Å². The third-order valence-electron chi connectivity index (χ3n) is 3.92. The van der Waals surface area contributed by atoms with Crippen LogP contribution in [0.2, 0.25) is 0 Å². The number of hydrogen-bond acceptors (Lipinski definition) is 4. The number of allylic oxidation sites excluding steroid dienone is 1. The number of hydrogen-bond donors (Lipinski definition) is 1. The smallest absolute Gasteiger partial charge is 0.336 e. The summed E-state index contributed by atoms with van der Waals surface area (Å²) >= 11 is 1.73. The second-order valence-corrected chi connectivity index (χ2v) is 6.93. The molecule has 0 aliphatic carbocycles. The van der Waals surface area contributed by atoms with Crippen molar-refractivity contribution >= 4 is 23.6 Å². The molecule has 5 heteroatoms. The van der Waals surface area contributed by atoms with Gasteiger partial charge in [-0.05, 0) is 30.7 Å². The minimum atomic E-state index is -0.326. The molecule has 1 N–H and O–H groups in total. The number of benzene rings is 1. The molecule has 0 bridgehead atoms. The standard InChI is InChI=1S/C18H23NO3S/c1-4-23-10-9-22-18(21)17-13(3)19-16(20)11-15(17)14-8-6-5-7-12(14)2/h5-8,15H,4,9-11H2,1-3H3,(H,19,20)/t15-/m1/s1. The van der Waals surface area contributed by atoms with Crippen molar-refractivity contribution < 1.29 is 14.3 Å². The number of amides is 1. The fourth-order valence-electron chi connectivity index (χ4n) is 2.83. The van der Waals surface area contributed by atoms with Crippen LogP contribution in [0.5, 0.6) is 0 Å². The Morgan fingerprint density at radius 2 is 2.09 bits per heavy atom. The maximum Gasteiger partial charge on any atom is 0.336 e. The average Bonchev–Trinajstić information content (AvgIpc) is 2.51. The number of carbonyl (C=O) groups excluding carboxylic acids is 2. The average molecular weight is 333 g/mol. The molecule has 0 radical (unpaired) electrons. The van der Waals surface area contributed by atoms with Crippen LogP contribution in [0.4, 0.5) is 0 Å². The lowest BCUT2D eigenvalue weighted by Crippen LogP contribution is -2.34. The second kappa shape index (κ2) is 8.20. The first-order valence-corrected chi connectivity index (χ1v) is 9.01. The van der Waals surface area contributed by atoms with E-state index in [-0.39, 0.29) is 24.2 Å². The van der Waals surface area contributed by atoms with Gasteiger partial charge in [0.25, 0.3) is 0 Å². The van der Waals surface area contributed by atoms with Crippen LogP contribution in [0.25, 0.3) is 0 Å². The van der Waals surface area contributed by atoms with E-state index in [1.54, 1.807) is 18.7 Å². The summed E-state index contributed by atoms with van der Waals surface area (Å²) in [5, 5.41) is 2.77. The van der Waals surface area contributed by atoms with Gasteiger partial charge in [0.2, 0.25) is 5.91 Å². The molecule has 0 unspecified atom stereocenters. The molecular weight excluding hydrogens is 310 g/mol. The van der Waals surface area contributed by atoms with Crippen LogP contribution in [-0.4, -0.2) is 30.0 Å². The first kappa shape index (κ1) is 17.6. The van der Waals surface area contributed by atoms with Gasteiger partial charge in [0.15, 0.2) is 0 Å². The Hall–Kier alpha value is -1.75. The molecule has 1 aromatic carbocycles. The maximum atomic E-state index is 12.5. The normalized spacial score (nSPS) is 17.9. The van der Waals surface area contributed by atoms with E-state index in [1.165, 1.54) is 0 Å². The van der Waals surface area contributed by atoms with E-state index in [9.17, 15) is 9.59 Å². The highest BCUT2D eigenvalue weighted by Gasteiger charge is 2.33. The molecule has 23 heavy (non-hydrogen) atoms. The summed E-state index contributed by atoms with van der Waals surface area (Å²) in [7, 11) is 0. The monoisotopic (exact) mass is 333 g/mol. The van der Waals surface area contributed by atoms with Gasteiger partial charge in [-0.15, -0.1) is 0 Å². The number of nitrogens with one attached hydrogen (secondary N) is 1. The van der Waals surface area contributed by atoms with Crippen molar-refractivity contribution in [3.05, 3.63) is 46.7 Å². The molecule has 1 aliphatic heterocycles. The maximum absolute atomic E-state index is 12.5. The molecule has 1 aromatic rings. The molecule has 0 fully saturated rings. The first-order valence-electron chi connectivity index (χ1n) is 7.85. The Morgan fingerprint density at radius 3 is 2.78 bits per heavy atom. The number of esters is 1. The lowest BCUT2D eigenvalue weighted by molar-refractivity contribution is -0.139. The van der Waals surface area contributed by atoms with Crippen LogP contribution in [0, 0.1) is 6.92 Å². The van der Waals surface area contributed by atoms with Crippen molar-refractivity contribution in [2.45, 2.75) is 33.1 Å². The lowest BCUT2D eigenvalue weighted by atomic mass is 9.82. The molecule has 0 saturated heterocycles. The third-order valence-corrected chi connectivity index (χ3v) is 4.78. The minimum absolute atomic E-state index is 0.0613. The van der Waals surface area contributed by atoms with Gasteiger partial charge in [0, 0.05) is 23.8 Å². The van der Waals surface area contributed by atoms with E-state index in [0.29, 0.717) is 17.9 Å². The number of ether oxygens (including phenoxy) is 1. The highest BCUT2D eigenvalue weighted by atomic mass is 32.2. The van der Waals surface area contributed by atoms with Crippen LogP contribution >= 0.6 is 11.8 Å². The summed E-state index contributed by atoms with van der Waals surface area (Å²) in [5.41, 5.74) is 3.26. The Labute approximate surface area is 141 Å². The molecule has 1 atom stereocenters. The highest BCUT2D eigenvalue weighted by Crippen LogP contribution is 2.35. The summed E-state index contributed by atoms with van der Waals surface area (Å²) in [6.45, 7) is 6.23. The van der Waals surface area contributed by atoms with E-state index in [4.69, 9.17) is 4.74 Å². The molecule has 0 aromatic heterocycles. The van der Waals surface area contributed by atoms with Crippen molar-refractivity contribution in [3.8, 4) is 0 Å². The van der Waals surface area contributed by atoms with Crippen LogP contribution in [-0.2, 0) is 14.3 Å². The molecule has 4 nitrogen and oxygen atoms in total. The first-order chi connectivity index (χ1) is 11.0. The summed E-state index contributed by atoms with van der Waals surface area (Å²) in [6, 6.07) is 7.87. The van der Waals surface area contributed by atoms with E-state index in [0.717, 1.165) is 22.6 Å². The van der Waals surface area contributed by atoms with E-state index in [1.807, 2.05) is 31.2 Å². The van der Waals surface area contributed by atoms with Gasteiger partial charge in [0.1, 0.15) is 6.61 Å². The number of carbonyl (C=O) groups is 2. The van der Waals surface area contributed by atoms with Crippen LogP contribution in [0.1, 0.15) is 37.3 Å². The molecule has 1 amide bonds. The SMILES string of the molecule is CCSCCOC(=O)C1=C(C)NC(=O)C[C@@H]1c1ccccc1C. The van der Waals surface area contributed by atoms with Crippen LogP contribution < -0.4 is 5.32 Å². The van der Waals surface area contributed by atoms with Crippen LogP contribution in [0.3, 0.4) is 0 Å². The Bertz CT molecular complexity index is 624. The summed E-state index contributed by atoms with van der Waals surface area (Å²) in [6.07, 6.45) is 0.274. The van der Waals surface area contributed by atoms with Gasteiger partial charge in [-0.3, -0.25) is 4.79 Å². The largest absolute Gasteiger partial charge is 0.461 e. The van der Waals surface area contributed by atoms with E-state index in [2.05, 4.69) is 12.2 Å². The highest BCUT2D eigenvalue weighted by molar-refractivity contribution is 7.99. The zero-order valence-electron chi connectivity index (χ0n) is 13.8. The fraction of sp³-hybridized carbons (Fsp3) is 0.444. The molecular formula is C18H23NO3S. The molecule has 1 aliphatic rings. The topological polar surface area (TPSA) is 55.4 Å². The Balaban J connectivity index is 2.25. The van der Waals surface area contributed by atoms with Crippen molar-refractivity contribution in [1.82, 2.24) is 5.32 Å². The van der Waals surface area contributed by atoms with Gasteiger partial charge in [-0.2, -0.15) is 11.8 Å². The minimum Gasteiger partial charge on any atom is -0.461 e. The Morgan fingerprint density at radius 1 is 1.35 bits per heavy atom. The van der Waals surface area contributed by atoms with Crippen LogP contribution in [0.15, 0.2) is 35.5 Å². The third kappa shape index (κ3) is 4.38. The van der Waals surface area contributed by atoms with Gasteiger partial charge >= 0.3 is 5.97 Å². The number of thioether (sulfide) groups is 1. The molecule has 2 rings (SSSR count). The molecule has 0 saturated carbocycles. The van der Waals surface area contributed by atoms with Gasteiger partial charge in [-0.1, -0.05) is 31.2 Å². The summed E-state index contributed by atoms with van der Waals surface area (Å²) < 4.78 is 5.41. The zero-order valence-corrected chi connectivity index (χ0v) is 14.7. The van der Waals surface area contributed by atoms with E-state index >= 15 is 0 Å². The van der Waals surface area contributed by atoms with Gasteiger partial charge in [0.05, 0.1) is 5.57 Å². The van der Waals surface area contributed by atoms with E-state index < -0.39 is 0 Å². The van der Waals surface area contributed by atoms with Crippen molar-refractivity contribution in [3.63, 3.8) is 0 Å². The predicted octanol–water partition coefficient (Wildman–Crippen LogP) is 3.17. The molecule has 124 valence electrons. The second-order valence-electron chi connectivity index (χ2n) is 5.53. The van der Waals surface area contributed by atoms with Gasteiger partial charge in [-0.25, -0.2) is 4.79 Å². The zero-order chi connectivity index (χ0) is 16.8. The quantitative estimate of drug-likeness (QED) is 0.642. The molecule has 0 spiro atoms. The summed E-state index contributed by atoms with van der Waals surface area (Å²) in [4.78, 5) is 24.5. The number of aryl methyl sites for hydroxylation is 1. The van der Waals surface area contributed by atoms with Crippen molar-refractivity contribution in [2.24, 2.45) is 0 Å². The van der Waals surface area contributed by atoms with Gasteiger partial charge < -0.3 is 10.1 Å². The summed E-state index contributed by atoms with van der Waals surface area (Å²) in [5.74, 6) is 1.16.